The summed E-state index contributed by atoms with van der Waals surface area (Å²) in [5.74, 6) is -0.924. The standard InChI is InChI=1S/C21H18FN3O2S/c22-17-8-6-15(7-9-17)18-13-28-21(23-18)24-20(27)16-10-19(26)25(12-16)11-14-4-2-1-3-5-14/h1-9,13,16H,10-12H2,(H,23,24,27)/t16-/m0/s1. The van der Waals surface area contributed by atoms with Crippen molar-refractivity contribution in [2.24, 2.45) is 5.92 Å². The Balaban J connectivity index is 1.38. The number of benzene rings is 2. The molecule has 0 unspecified atom stereocenters. The van der Waals surface area contributed by atoms with Gasteiger partial charge in [-0.25, -0.2) is 9.37 Å². The van der Waals surface area contributed by atoms with Gasteiger partial charge in [-0.05, 0) is 29.8 Å². The normalized spacial score (nSPS) is 16.4. The molecular weight excluding hydrogens is 377 g/mol. The number of amides is 2. The van der Waals surface area contributed by atoms with Gasteiger partial charge in [0, 0.05) is 30.5 Å². The molecule has 3 aromatic rings. The average molecular weight is 395 g/mol. The summed E-state index contributed by atoms with van der Waals surface area (Å²) in [6.07, 6.45) is 0.203. The van der Waals surface area contributed by atoms with Crippen LogP contribution < -0.4 is 5.32 Å². The summed E-state index contributed by atoms with van der Waals surface area (Å²) in [6, 6.07) is 15.8. The van der Waals surface area contributed by atoms with E-state index >= 15 is 0 Å². The Hall–Kier alpha value is -3.06. The van der Waals surface area contributed by atoms with Crippen molar-refractivity contribution in [3.05, 3.63) is 71.4 Å². The Kier molecular flexibility index (Phi) is 5.16. The van der Waals surface area contributed by atoms with E-state index < -0.39 is 5.92 Å². The van der Waals surface area contributed by atoms with Gasteiger partial charge in [-0.3, -0.25) is 9.59 Å². The van der Waals surface area contributed by atoms with Crippen LogP contribution >= 0.6 is 11.3 Å². The molecule has 142 valence electrons. The molecule has 0 radical (unpaired) electrons. The van der Waals surface area contributed by atoms with E-state index in [1.165, 1.54) is 23.5 Å². The summed E-state index contributed by atoms with van der Waals surface area (Å²) in [6.45, 7) is 0.908. The molecule has 2 aromatic carbocycles. The largest absolute Gasteiger partial charge is 0.338 e. The van der Waals surface area contributed by atoms with Crippen molar-refractivity contribution < 1.29 is 14.0 Å². The van der Waals surface area contributed by atoms with E-state index in [0.29, 0.717) is 23.9 Å². The SMILES string of the molecule is O=C(Nc1nc(-c2ccc(F)cc2)cs1)[C@H]1CC(=O)N(Cc2ccccc2)C1. The molecule has 2 amide bonds. The number of hydrogen-bond acceptors (Lipinski definition) is 4. The minimum atomic E-state index is -0.394. The molecule has 2 heterocycles. The van der Waals surface area contributed by atoms with Gasteiger partial charge in [-0.15, -0.1) is 11.3 Å². The van der Waals surface area contributed by atoms with Gasteiger partial charge in [-0.2, -0.15) is 0 Å². The summed E-state index contributed by atoms with van der Waals surface area (Å²) >= 11 is 1.30. The van der Waals surface area contributed by atoms with Crippen LogP contribution in [0.1, 0.15) is 12.0 Å². The second-order valence-corrected chi connectivity index (χ2v) is 7.55. The summed E-state index contributed by atoms with van der Waals surface area (Å²) in [5, 5.41) is 5.09. The van der Waals surface area contributed by atoms with Gasteiger partial charge in [0.05, 0.1) is 11.6 Å². The molecule has 1 aliphatic heterocycles. The first kappa shape index (κ1) is 18.3. The van der Waals surface area contributed by atoms with Crippen LogP contribution in [-0.4, -0.2) is 28.2 Å². The number of rotatable bonds is 5. The van der Waals surface area contributed by atoms with Crippen molar-refractivity contribution in [3.8, 4) is 11.3 Å². The Labute approximate surface area is 165 Å². The van der Waals surface area contributed by atoms with E-state index in [2.05, 4.69) is 10.3 Å². The van der Waals surface area contributed by atoms with Gasteiger partial charge in [0.1, 0.15) is 5.82 Å². The second kappa shape index (κ2) is 7.90. The van der Waals surface area contributed by atoms with Crippen molar-refractivity contribution in [3.63, 3.8) is 0 Å². The van der Waals surface area contributed by atoms with Crippen LogP contribution in [0.25, 0.3) is 11.3 Å². The van der Waals surface area contributed by atoms with Crippen molar-refractivity contribution >= 4 is 28.3 Å². The lowest BCUT2D eigenvalue weighted by atomic mass is 10.1. The highest BCUT2D eigenvalue weighted by molar-refractivity contribution is 7.14. The summed E-state index contributed by atoms with van der Waals surface area (Å²) < 4.78 is 13.0. The Morgan fingerprint density at radius 2 is 1.93 bits per heavy atom. The number of thiazole rings is 1. The molecule has 1 fully saturated rings. The van der Waals surface area contributed by atoms with Crippen molar-refractivity contribution in [2.45, 2.75) is 13.0 Å². The van der Waals surface area contributed by atoms with E-state index in [-0.39, 0.29) is 24.1 Å². The zero-order chi connectivity index (χ0) is 19.5. The third-order valence-electron chi connectivity index (χ3n) is 4.68. The number of halogens is 1. The number of anilines is 1. The summed E-state index contributed by atoms with van der Waals surface area (Å²) in [7, 11) is 0. The third-order valence-corrected chi connectivity index (χ3v) is 5.43. The van der Waals surface area contributed by atoms with Crippen molar-refractivity contribution in [2.75, 3.05) is 11.9 Å². The fourth-order valence-corrected chi connectivity index (χ4v) is 3.92. The maximum atomic E-state index is 13.0. The van der Waals surface area contributed by atoms with E-state index in [9.17, 15) is 14.0 Å². The molecule has 1 aliphatic rings. The van der Waals surface area contributed by atoms with Crippen molar-refractivity contribution in [1.82, 2.24) is 9.88 Å². The van der Waals surface area contributed by atoms with Crippen LogP contribution in [0.3, 0.4) is 0 Å². The monoisotopic (exact) mass is 395 g/mol. The van der Waals surface area contributed by atoms with Gasteiger partial charge in [0.25, 0.3) is 0 Å². The van der Waals surface area contributed by atoms with Crippen molar-refractivity contribution in [1.29, 1.82) is 0 Å². The molecule has 1 atom stereocenters. The third kappa shape index (κ3) is 4.09. The Morgan fingerprint density at radius 3 is 2.68 bits per heavy atom. The van der Waals surface area contributed by atoms with Crippen LogP contribution in [0.2, 0.25) is 0 Å². The Bertz CT molecular complexity index is 988. The van der Waals surface area contributed by atoms with Gasteiger partial charge < -0.3 is 10.2 Å². The lowest BCUT2D eigenvalue weighted by Crippen LogP contribution is -2.28. The van der Waals surface area contributed by atoms with Crippen LogP contribution in [0.5, 0.6) is 0 Å². The van der Waals surface area contributed by atoms with Gasteiger partial charge >= 0.3 is 0 Å². The number of carbonyl (C=O) groups is 2. The maximum absolute atomic E-state index is 13.0. The predicted molar refractivity (Wildman–Crippen MR) is 106 cm³/mol. The van der Waals surface area contributed by atoms with E-state index in [1.54, 1.807) is 17.0 Å². The lowest BCUT2D eigenvalue weighted by molar-refractivity contribution is -0.128. The number of nitrogens with zero attached hydrogens (tertiary/aromatic N) is 2. The first-order valence-corrected chi connectivity index (χ1v) is 9.80. The summed E-state index contributed by atoms with van der Waals surface area (Å²) in [4.78, 5) is 30.9. The van der Waals surface area contributed by atoms with Crippen LogP contribution in [-0.2, 0) is 16.1 Å². The number of hydrogen-bond donors (Lipinski definition) is 1. The fourth-order valence-electron chi connectivity index (χ4n) is 3.20. The maximum Gasteiger partial charge on any atom is 0.231 e. The van der Waals surface area contributed by atoms with Gasteiger partial charge in [-0.1, -0.05) is 30.3 Å². The molecule has 28 heavy (non-hydrogen) atoms. The minimum Gasteiger partial charge on any atom is -0.338 e. The molecule has 1 N–H and O–H groups in total. The first-order chi connectivity index (χ1) is 13.6. The topological polar surface area (TPSA) is 62.3 Å². The number of carbonyl (C=O) groups excluding carboxylic acids is 2. The molecule has 7 heteroatoms. The highest BCUT2D eigenvalue weighted by Gasteiger charge is 2.34. The minimum absolute atomic E-state index is 0.0184. The first-order valence-electron chi connectivity index (χ1n) is 8.92. The molecule has 5 nitrogen and oxygen atoms in total. The molecular formula is C21H18FN3O2S. The van der Waals surface area contributed by atoms with E-state index in [0.717, 1.165) is 11.1 Å². The zero-order valence-electron chi connectivity index (χ0n) is 15.0. The van der Waals surface area contributed by atoms with E-state index in [1.807, 2.05) is 35.7 Å². The zero-order valence-corrected chi connectivity index (χ0v) is 15.8. The molecule has 0 aliphatic carbocycles. The Morgan fingerprint density at radius 1 is 1.18 bits per heavy atom. The molecule has 0 saturated carbocycles. The molecule has 0 bridgehead atoms. The molecule has 4 rings (SSSR count). The average Bonchev–Trinajstić information content (AvgIpc) is 3.30. The van der Waals surface area contributed by atoms with E-state index in [4.69, 9.17) is 0 Å². The number of likely N-dealkylation sites (tertiary alicyclic amines) is 1. The van der Waals surface area contributed by atoms with Gasteiger partial charge in [0.2, 0.25) is 11.8 Å². The quantitative estimate of drug-likeness (QED) is 0.712. The van der Waals surface area contributed by atoms with Crippen LogP contribution in [0, 0.1) is 11.7 Å². The molecule has 1 aromatic heterocycles. The van der Waals surface area contributed by atoms with Crippen LogP contribution in [0.15, 0.2) is 60.0 Å². The number of aromatic nitrogens is 1. The summed E-state index contributed by atoms with van der Waals surface area (Å²) in [5.41, 5.74) is 2.50. The molecule has 1 saturated heterocycles. The second-order valence-electron chi connectivity index (χ2n) is 6.69. The highest BCUT2D eigenvalue weighted by Crippen LogP contribution is 2.27. The predicted octanol–water partition coefficient (Wildman–Crippen LogP) is 3.94. The molecule has 0 spiro atoms. The fraction of sp³-hybridized carbons (Fsp3) is 0.190. The van der Waals surface area contributed by atoms with Crippen LogP contribution in [0.4, 0.5) is 9.52 Å². The highest BCUT2D eigenvalue weighted by atomic mass is 32.1. The number of nitrogens with one attached hydrogen (secondary N) is 1. The van der Waals surface area contributed by atoms with Gasteiger partial charge in [0.15, 0.2) is 5.13 Å². The lowest BCUT2D eigenvalue weighted by Gasteiger charge is -2.16. The smallest absolute Gasteiger partial charge is 0.231 e.